The number of rotatable bonds is 2. The Balaban J connectivity index is 2.01. The highest BCUT2D eigenvalue weighted by atomic mass is 32.1. The van der Waals surface area contributed by atoms with Gasteiger partial charge in [-0.05, 0) is 24.7 Å². The van der Waals surface area contributed by atoms with Crippen molar-refractivity contribution in [3.8, 4) is 0 Å². The zero-order valence-electron chi connectivity index (χ0n) is 8.37. The zero-order chi connectivity index (χ0) is 9.47. The Bertz CT molecular complexity index is 216. The molecule has 3 atom stereocenters. The van der Waals surface area contributed by atoms with E-state index in [1.54, 1.807) is 0 Å². The summed E-state index contributed by atoms with van der Waals surface area (Å²) in [6.45, 7) is 9.58. The van der Waals surface area contributed by atoms with Gasteiger partial charge in [0.05, 0.1) is 0 Å². The number of nitrogens with zero attached hydrogens (tertiary/aromatic N) is 1. The lowest BCUT2D eigenvalue weighted by atomic mass is 10.00. The molecule has 2 aliphatic rings. The van der Waals surface area contributed by atoms with Gasteiger partial charge in [0.25, 0.3) is 0 Å². The molecule has 2 fully saturated rings. The smallest absolute Gasteiger partial charge is 0.0299 e. The van der Waals surface area contributed by atoms with Gasteiger partial charge in [0.15, 0.2) is 0 Å². The van der Waals surface area contributed by atoms with Crippen LogP contribution in [-0.4, -0.2) is 29.3 Å². The standard InChI is InChI=1S/C11H19NS/c1-3-4-12-7-10-5-9(2)6-11(10,13)8-12/h3,9-10,13H,1,4-8H2,2H3. The molecule has 0 aromatic heterocycles. The maximum atomic E-state index is 4.87. The zero-order valence-corrected chi connectivity index (χ0v) is 9.26. The third-order valence-electron chi connectivity index (χ3n) is 3.51. The van der Waals surface area contributed by atoms with Crippen molar-refractivity contribution in [1.29, 1.82) is 0 Å². The molecule has 3 unspecified atom stereocenters. The first-order chi connectivity index (χ1) is 6.14. The van der Waals surface area contributed by atoms with Crippen molar-refractivity contribution >= 4 is 12.6 Å². The summed E-state index contributed by atoms with van der Waals surface area (Å²) in [5, 5.41) is 0. The Hall–Kier alpha value is 0.0500. The van der Waals surface area contributed by atoms with Crippen molar-refractivity contribution in [2.45, 2.75) is 24.5 Å². The van der Waals surface area contributed by atoms with E-state index in [2.05, 4.69) is 18.4 Å². The molecule has 74 valence electrons. The molecule has 0 N–H and O–H groups in total. The van der Waals surface area contributed by atoms with E-state index in [0.717, 1.165) is 24.9 Å². The van der Waals surface area contributed by atoms with E-state index in [1.807, 2.05) is 6.08 Å². The van der Waals surface area contributed by atoms with Crippen molar-refractivity contribution in [3.63, 3.8) is 0 Å². The van der Waals surface area contributed by atoms with Gasteiger partial charge < -0.3 is 0 Å². The molecule has 2 rings (SSSR count). The van der Waals surface area contributed by atoms with Gasteiger partial charge in [-0.25, -0.2) is 0 Å². The maximum Gasteiger partial charge on any atom is 0.0299 e. The maximum absolute atomic E-state index is 4.87. The lowest BCUT2D eigenvalue weighted by Gasteiger charge is -2.22. The van der Waals surface area contributed by atoms with Gasteiger partial charge in [-0.3, -0.25) is 4.90 Å². The highest BCUT2D eigenvalue weighted by molar-refractivity contribution is 7.81. The Morgan fingerprint density at radius 3 is 3.08 bits per heavy atom. The number of fused-ring (bicyclic) bond motifs is 1. The molecule has 1 heterocycles. The first kappa shape index (κ1) is 9.60. The van der Waals surface area contributed by atoms with Crippen molar-refractivity contribution in [2.75, 3.05) is 19.6 Å². The monoisotopic (exact) mass is 197 g/mol. The van der Waals surface area contributed by atoms with Crippen LogP contribution in [0, 0.1) is 11.8 Å². The van der Waals surface area contributed by atoms with E-state index in [4.69, 9.17) is 12.6 Å². The van der Waals surface area contributed by atoms with Crippen molar-refractivity contribution in [3.05, 3.63) is 12.7 Å². The molecular formula is C11H19NS. The largest absolute Gasteiger partial charge is 0.298 e. The summed E-state index contributed by atoms with van der Waals surface area (Å²) >= 11 is 4.87. The first-order valence-corrected chi connectivity index (χ1v) is 5.64. The van der Waals surface area contributed by atoms with E-state index in [0.29, 0.717) is 4.75 Å². The quantitative estimate of drug-likeness (QED) is 0.525. The molecule has 0 bridgehead atoms. The molecule has 1 nitrogen and oxygen atoms in total. The minimum Gasteiger partial charge on any atom is -0.298 e. The molecule has 1 saturated heterocycles. The molecule has 0 amide bonds. The number of hydrogen-bond donors (Lipinski definition) is 1. The van der Waals surface area contributed by atoms with E-state index >= 15 is 0 Å². The fraction of sp³-hybridized carbons (Fsp3) is 0.818. The fourth-order valence-corrected chi connectivity index (χ4v) is 3.78. The van der Waals surface area contributed by atoms with Crippen LogP contribution in [0.25, 0.3) is 0 Å². The fourth-order valence-electron chi connectivity index (χ4n) is 3.08. The predicted molar refractivity (Wildman–Crippen MR) is 60.2 cm³/mol. The van der Waals surface area contributed by atoms with E-state index in [-0.39, 0.29) is 0 Å². The van der Waals surface area contributed by atoms with Gasteiger partial charge >= 0.3 is 0 Å². The molecule has 1 aliphatic carbocycles. The number of thiol groups is 1. The van der Waals surface area contributed by atoms with E-state index < -0.39 is 0 Å². The Morgan fingerprint density at radius 1 is 1.69 bits per heavy atom. The summed E-state index contributed by atoms with van der Waals surface area (Å²) in [5.41, 5.74) is 0. The molecule has 0 spiro atoms. The molecular weight excluding hydrogens is 178 g/mol. The van der Waals surface area contributed by atoms with Crippen molar-refractivity contribution in [2.24, 2.45) is 11.8 Å². The molecule has 13 heavy (non-hydrogen) atoms. The molecule has 2 heteroatoms. The average molecular weight is 197 g/mol. The summed E-state index contributed by atoms with van der Waals surface area (Å²) in [4.78, 5) is 2.48. The Morgan fingerprint density at radius 2 is 2.46 bits per heavy atom. The normalized spacial score (nSPS) is 45.1. The Labute approximate surface area is 86.6 Å². The third-order valence-corrected chi connectivity index (χ3v) is 4.20. The summed E-state index contributed by atoms with van der Waals surface area (Å²) in [6, 6.07) is 0. The molecule has 1 saturated carbocycles. The van der Waals surface area contributed by atoms with E-state index in [1.165, 1.54) is 19.4 Å². The van der Waals surface area contributed by atoms with Gasteiger partial charge in [0, 0.05) is 24.4 Å². The SMILES string of the molecule is C=CCN1CC2CC(C)CC2(S)C1. The topological polar surface area (TPSA) is 3.24 Å². The minimum absolute atomic E-state index is 0.322. The molecule has 0 radical (unpaired) electrons. The van der Waals surface area contributed by atoms with Crippen LogP contribution in [0.2, 0.25) is 0 Å². The van der Waals surface area contributed by atoms with Crippen LogP contribution in [0.15, 0.2) is 12.7 Å². The van der Waals surface area contributed by atoms with Crippen LogP contribution in [0.1, 0.15) is 19.8 Å². The van der Waals surface area contributed by atoms with Crippen LogP contribution in [0.4, 0.5) is 0 Å². The predicted octanol–water partition coefficient (Wildman–Crippen LogP) is 2.20. The first-order valence-electron chi connectivity index (χ1n) is 5.19. The lowest BCUT2D eigenvalue weighted by molar-refractivity contribution is 0.334. The van der Waals surface area contributed by atoms with Gasteiger partial charge in [0.2, 0.25) is 0 Å². The summed E-state index contributed by atoms with van der Waals surface area (Å²) in [5.74, 6) is 1.71. The minimum atomic E-state index is 0.322. The van der Waals surface area contributed by atoms with Crippen LogP contribution < -0.4 is 0 Å². The van der Waals surface area contributed by atoms with Crippen LogP contribution in [-0.2, 0) is 0 Å². The summed E-state index contributed by atoms with van der Waals surface area (Å²) < 4.78 is 0.322. The third kappa shape index (κ3) is 1.66. The van der Waals surface area contributed by atoms with E-state index in [9.17, 15) is 0 Å². The van der Waals surface area contributed by atoms with Crippen LogP contribution in [0.5, 0.6) is 0 Å². The molecule has 1 aliphatic heterocycles. The Kier molecular flexibility index (Phi) is 2.45. The summed E-state index contributed by atoms with van der Waals surface area (Å²) in [6.07, 6.45) is 4.67. The summed E-state index contributed by atoms with van der Waals surface area (Å²) in [7, 11) is 0. The highest BCUT2D eigenvalue weighted by Gasteiger charge is 2.48. The lowest BCUT2D eigenvalue weighted by Crippen LogP contribution is -2.28. The number of likely N-dealkylation sites (tertiary alicyclic amines) is 1. The number of hydrogen-bond acceptors (Lipinski definition) is 2. The van der Waals surface area contributed by atoms with Gasteiger partial charge in [-0.1, -0.05) is 13.0 Å². The second kappa shape index (κ2) is 3.32. The second-order valence-electron chi connectivity index (χ2n) is 4.83. The second-order valence-corrected chi connectivity index (χ2v) is 5.72. The highest BCUT2D eigenvalue weighted by Crippen LogP contribution is 2.48. The molecule has 0 aromatic carbocycles. The van der Waals surface area contributed by atoms with Crippen LogP contribution in [0.3, 0.4) is 0 Å². The van der Waals surface area contributed by atoms with Gasteiger partial charge in [-0.15, -0.1) is 6.58 Å². The molecule has 0 aromatic rings. The van der Waals surface area contributed by atoms with Gasteiger partial charge in [-0.2, -0.15) is 12.6 Å². The van der Waals surface area contributed by atoms with Crippen molar-refractivity contribution < 1.29 is 0 Å². The van der Waals surface area contributed by atoms with Crippen molar-refractivity contribution in [1.82, 2.24) is 4.90 Å². The van der Waals surface area contributed by atoms with Crippen LogP contribution >= 0.6 is 12.6 Å². The average Bonchev–Trinajstić information content (AvgIpc) is 2.39. The van der Waals surface area contributed by atoms with Gasteiger partial charge in [0.1, 0.15) is 0 Å².